The van der Waals surface area contributed by atoms with Gasteiger partial charge < -0.3 is 15.5 Å². The van der Waals surface area contributed by atoms with Crippen LogP contribution in [-0.4, -0.2) is 50.1 Å². The van der Waals surface area contributed by atoms with E-state index in [1.165, 1.54) is 0 Å². The van der Waals surface area contributed by atoms with Crippen LogP contribution in [0.5, 0.6) is 0 Å². The zero-order valence-corrected chi connectivity index (χ0v) is 12.2. The smallest absolute Gasteiger partial charge is 0.224 e. The molecule has 0 aromatic rings. The van der Waals surface area contributed by atoms with Gasteiger partial charge in [0, 0.05) is 19.1 Å². The van der Waals surface area contributed by atoms with E-state index in [2.05, 4.69) is 36.4 Å². The van der Waals surface area contributed by atoms with E-state index in [9.17, 15) is 4.79 Å². The van der Waals surface area contributed by atoms with Gasteiger partial charge >= 0.3 is 0 Å². The second-order valence-corrected chi connectivity index (χ2v) is 5.62. The fourth-order valence-electron chi connectivity index (χ4n) is 2.18. The summed E-state index contributed by atoms with van der Waals surface area (Å²) in [5, 5.41) is 6.34. The van der Waals surface area contributed by atoms with Crippen LogP contribution in [0.1, 0.15) is 39.5 Å². The molecule has 0 aromatic carbocycles. The molecule has 1 amide bonds. The molecule has 0 radical (unpaired) electrons. The lowest BCUT2D eigenvalue weighted by atomic mass is 9.99. The molecule has 1 rings (SSSR count). The molecule has 0 bridgehead atoms. The molecule has 4 heteroatoms. The highest BCUT2D eigenvalue weighted by atomic mass is 16.1. The van der Waals surface area contributed by atoms with Crippen LogP contribution < -0.4 is 10.6 Å². The average molecular weight is 255 g/mol. The zero-order valence-electron chi connectivity index (χ0n) is 12.2. The third-order valence-corrected chi connectivity index (χ3v) is 3.79. The van der Waals surface area contributed by atoms with Gasteiger partial charge in [-0.1, -0.05) is 0 Å². The monoisotopic (exact) mass is 255 g/mol. The SMILES string of the molecule is CC(C)N(C)CCCCNC(=O)[C@H]1CCCNC1. The second kappa shape index (κ2) is 8.48. The highest BCUT2D eigenvalue weighted by Gasteiger charge is 2.19. The Kier molecular flexibility index (Phi) is 7.28. The van der Waals surface area contributed by atoms with Gasteiger partial charge in [-0.25, -0.2) is 0 Å². The van der Waals surface area contributed by atoms with Gasteiger partial charge in [-0.3, -0.25) is 4.79 Å². The van der Waals surface area contributed by atoms with E-state index < -0.39 is 0 Å². The molecule has 4 nitrogen and oxygen atoms in total. The number of nitrogens with zero attached hydrogens (tertiary/aromatic N) is 1. The van der Waals surface area contributed by atoms with Crippen molar-refractivity contribution in [3.8, 4) is 0 Å². The van der Waals surface area contributed by atoms with E-state index in [0.717, 1.165) is 51.9 Å². The van der Waals surface area contributed by atoms with Crippen molar-refractivity contribution in [3.63, 3.8) is 0 Å². The minimum Gasteiger partial charge on any atom is -0.356 e. The normalized spacial score (nSPS) is 20.4. The molecule has 1 aliphatic heterocycles. The number of piperidine rings is 1. The maximum absolute atomic E-state index is 11.8. The quantitative estimate of drug-likeness (QED) is 0.672. The Morgan fingerprint density at radius 2 is 2.22 bits per heavy atom. The largest absolute Gasteiger partial charge is 0.356 e. The first-order chi connectivity index (χ1) is 8.61. The summed E-state index contributed by atoms with van der Waals surface area (Å²) in [6.45, 7) is 8.25. The third kappa shape index (κ3) is 5.83. The predicted octanol–water partition coefficient (Wildman–Crippen LogP) is 1.22. The summed E-state index contributed by atoms with van der Waals surface area (Å²) in [6, 6.07) is 0.605. The third-order valence-electron chi connectivity index (χ3n) is 3.79. The van der Waals surface area contributed by atoms with Gasteiger partial charge in [0.15, 0.2) is 0 Å². The molecular weight excluding hydrogens is 226 g/mol. The Labute approximate surface area is 111 Å². The number of rotatable bonds is 7. The van der Waals surface area contributed by atoms with Gasteiger partial charge in [0.2, 0.25) is 5.91 Å². The molecule has 106 valence electrons. The molecule has 18 heavy (non-hydrogen) atoms. The molecule has 1 atom stereocenters. The number of amides is 1. The molecule has 0 spiro atoms. The Hall–Kier alpha value is -0.610. The van der Waals surface area contributed by atoms with Gasteiger partial charge in [-0.2, -0.15) is 0 Å². The molecule has 2 N–H and O–H groups in total. The van der Waals surface area contributed by atoms with E-state index >= 15 is 0 Å². The molecule has 1 saturated heterocycles. The summed E-state index contributed by atoms with van der Waals surface area (Å²) < 4.78 is 0. The average Bonchev–Trinajstić information content (AvgIpc) is 2.38. The molecular formula is C14H29N3O. The Morgan fingerprint density at radius 3 is 2.83 bits per heavy atom. The Morgan fingerprint density at radius 1 is 1.44 bits per heavy atom. The summed E-state index contributed by atoms with van der Waals surface area (Å²) >= 11 is 0. The number of hydrogen-bond donors (Lipinski definition) is 2. The van der Waals surface area contributed by atoms with Crippen LogP contribution in [0.3, 0.4) is 0 Å². The van der Waals surface area contributed by atoms with Crippen LogP contribution in [0.4, 0.5) is 0 Å². The molecule has 0 saturated carbocycles. The topological polar surface area (TPSA) is 44.4 Å². The molecule has 1 aliphatic rings. The van der Waals surface area contributed by atoms with E-state index in [-0.39, 0.29) is 11.8 Å². The van der Waals surface area contributed by atoms with E-state index in [0.29, 0.717) is 6.04 Å². The number of carbonyl (C=O) groups is 1. The van der Waals surface area contributed by atoms with Crippen molar-refractivity contribution in [2.75, 3.05) is 33.2 Å². The fourth-order valence-corrected chi connectivity index (χ4v) is 2.18. The van der Waals surface area contributed by atoms with Crippen molar-refractivity contribution in [3.05, 3.63) is 0 Å². The van der Waals surface area contributed by atoms with Crippen molar-refractivity contribution in [2.24, 2.45) is 5.92 Å². The summed E-state index contributed by atoms with van der Waals surface area (Å²) in [5.41, 5.74) is 0. The predicted molar refractivity (Wildman–Crippen MR) is 75.6 cm³/mol. The minimum absolute atomic E-state index is 0.192. The Balaban J connectivity index is 2.01. The number of carbonyl (C=O) groups excluding carboxylic acids is 1. The van der Waals surface area contributed by atoms with Crippen LogP contribution in [0, 0.1) is 5.92 Å². The van der Waals surface area contributed by atoms with E-state index in [1.807, 2.05) is 0 Å². The number of unbranched alkanes of at least 4 members (excludes halogenated alkanes) is 1. The lowest BCUT2D eigenvalue weighted by molar-refractivity contribution is -0.125. The minimum atomic E-state index is 0.192. The summed E-state index contributed by atoms with van der Waals surface area (Å²) in [6.07, 6.45) is 4.38. The zero-order chi connectivity index (χ0) is 13.4. The standard InChI is InChI=1S/C14H29N3O/c1-12(2)17(3)10-5-4-9-16-14(18)13-7-6-8-15-11-13/h12-13,15H,4-11H2,1-3H3,(H,16,18)/t13-/m0/s1. The number of nitrogens with one attached hydrogen (secondary N) is 2. The van der Waals surface area contributed by atoms with Crippen molar-refractivity contribution in [1.82, 2.24) is 15.5 Å². The second-order valence-electron chi connectivity index (χ2n) is 5.62. The maximum Gasteiger partial charge on any atom is 0.224 e. The van der Waals surface area contributed by atoms with Gasteiger partial charge in [0.05, 0.1) is 5.92 Å². The van der Waals surface area contributed by atoms with Gasteiger partial charge in [-0.15, -0.1) is 0 Å². The first-order valence-corrected chi connectivity index (χ1v) is 7.30. The first kappa shape index (κ1) is 15.4. The summed E-state index contributed by atoms with van der Waals surface area (Å²) in [5.74, 6) is 0.427. The van der Waals surface area contributed by atoms with E-state index in [1.54, 1.807) is 0 Å². The van der Waals surface area contributed by atoms with Crippen molar-refractivity contribution in [1.29, 1.82) is 0 Å². The lowest BCUT2D eigenvalue weighted by Gasteiger charge is -2.22. The van der Waals surface area contributed by atoms with Gasteiger partial charge in [0.1, 0.15) is 0 Å². The molecule has 0 unspecified atom stereocenters. The van der Waals surface area contributed by atoms with Crippen molar-refractivity contribution < 1.29 is 4.79 Å². The maximum atomic E-state index is 11.8. The Bertz CT molecular complexity index is 237. The van der Waals surface area contributed by atoms with Crippen LogP contribution in [0.25, 0.3) is 0 Å². The van der Waals surface area contributed by atoms with Crippen molar-refractivity contribution in [2.45, 2.75) is 45.6 Å². The van der Waals surface area contributed by atoms with Gasteiger partial charge in [0.25, 0.3) is 0 Å². The highest BCUT2D eigenvalue weighted by Crippen LogP contribution is 2.09. The van der Waals surface area contributed by atoms with Gasteiger partial charge in [-0.05, 0) is 59.7 Å². The molecule has 0 aliphatic carbocycles. The molecule has 1 fully saturated rings. The van der Waals surface area contributed by atoms with Crippen LogP contribution in [0.2, 0.25) is 0 Å². The number of hydrogen-bond acceptors (Lipinski definition) is 3. The van der Waals surface area contributed by atoms with Crippen molar-refractivity contribution >= 4 is 5.91 Å². The van der Waals surface area contributed by atoms with Crippen LogP contribution in [-0.2, 0) is 4.79 Å². The summed E-state index contributed by atoms with van der Waals surface area (Å²) in [7, 11) is 2.15. The lowest BCUT2D eigenvalue weighted by Crippen LogP contribution is -2.40. The van der Waals surface area contributed by atoms with Crippen LogP contribution >= 0.6 is 0 Å². The molecule has 1 heterocycles. The summed E-state index contributed by atoms with van der Waals surface area (Å²) in [4.78, 5) is 14.2. The molecule has 0 aromatic heterocycles. The van der Waals surface area contributed by atoms with Crippen LogP contribution in [0.15, 0.2) is 0 Å². The highest BCUT2D eigenvalue weighted by molar-refractivity contribution is 5.78. The fraction of sp³-hybridized carbons (Fsp3) is 0.929. The first-order valence-electron chi connectivity index (χ1n) is 7.30. The van der Waals surface area contributed by atoms with E-state index in [4.69, 9.17) is 0 Å².